The van der Waals surface area contributed by atoms with Crippen molar-refractivity contribution < 1.29 is 4.52 Å². The summed E-state index contributed by atoms with van der Waals surface area (Å²) in [6.45, 7) is 19.0. The fourth-order valence-corrected chi connectivity index (χ4v) is 3.64. The van der Waals surface area contributed by atoms with Crippen molar-refractivity contribution in [3.05, 3.63) is 18.0 Å². The number of aromatic nitrogens is 1. The van der Waals surface area contributed by atoms with Gasteiger partial charge in [0.1, 0.15) is 6.26 Å². The van der Waals surface area contributed by atoms with Crippen molar-refractivity contribution in [3.63, 3.8) is 0 Å². The molecule has 0 spiro atoms. The molecule has 0 aromatic carbocycles. The van der Waals surface area contributed by atoms with Crippen molar-refractivity contribution in [2.24, 2.45) is 4.99 Å². The van der Waals surface area contributed by atoms with Crippen LogP contribution in [0, 0.1) is 0 Å². The van der Waals surface area contributed by atoms with Crippen LogP contribution in [0.5, 0.6) is 0 Å². The Balaban J connectivity index is 0.00000392. The molecule has 7 nitrogen and oxygen atoms in total. The Morgan fingerprint density at radius 1 is 1.21 bits per heavy atom. The van der Waals surface area contributed by atoms with Gasteiger partial charge in [0.25, 0.3) is 0 Å². The molecule has 0 atom stereocenters. The number of guanidine groups is 1. The van der Waals surface area contributed by atoms with E-state index in [9.17, 15) is 0 Å². The van der Waals surface area contributed by atoms with E-state index in [4.69, 9.17) is 9.52 Å². The Labute approximate surface area is 187 Å². The van der Waals surface area contributed by atoms with Crippen LogP contribution in [0.25, 0.3) is 0 Å². The molecule has 1 saturated heterocycles. The van der Waals surface area contributed by atoms with Gasteiger partial charge in [0.15, 0.2) is 5.96 Å². The van der Waals surface area contributed by atoms with Crippen LogP contribution in [0.15, 0.2) is 21.8 Å². The summed E-state index contributed by atoms with van der Waals surface area (Å²) in [4.78, 5) is 12.2. The quantitative estimate of drug-likeness (QED) is 0.241. The maximum atomic E-state index is 4.93. The Morgan fingerprint density at radius 2 is 1.89 bits per heavy atom. The van der Waals surface area contributed by atoms with E-state index in [2.05, 4.69) is 59.8 Å². The Morgan fingerprint density at radius 3 is 2.43 bits per heavy atom. The monoisotopic (exact) mass is 506 g/mol. The van der Waals surface area contributed by atoms with Gasteiger partial charge in [-0.1, -0.05) is 5.16 Å². The first kappa shape index (κ1) is 25.2. The SMILES string of the molecule is CCNC(=NCCCN(C(C)C)C(C)C)N1CCN(Cc2ccon2)CC1.I. The second-order valence-electron chi connectivity index (χ2n) is 7.77. The molecule has 1 aromatic rings. The zero-order valence-electron chi connectivity index (χ0n) is 18.2. The standard InChI is InChI=1S/C20H38N6O.HI/c1-6-21-20(22-9-7-10-26(17(2)3)18(4)5)25-13-11-24(12-14-25)16-19-8-15-27-23-19;/h8,15,17-18H,6-7,9-14,16H2,1-5H3,(H,21,22);1H. The normalized spacial score (nSPS) is 16.1. The van der Waals surface area contributed by atoms with Crippen LogP contribution in [0.1, 0.15) is 46.7 Å². The van der Waals surface area contributed by atoms with E-state index in [1.807, 2.05) is 6.07 Å². The maximum Gasteiger partial charge on any atom is 0.194 e. The van der Waals surface area contributed by atoms with Crippen LogP contribution in [-0.4, -0.2) is 83.7 Å². The minimum atomic E-state index is 0. The van der Waals surface area contributed by atoms with E-state index in [0.29, 0.717) is 12.1 Å². The van der Waals surface area contributed by atoms with Crippen LogP contribution >= 0.6 is 24.0 Å². The van der Waals surface area contributed by atoms with E-state index in [-0.39, 0.29) is 24.0 Å². The van der Waals surface area contributed by atoms with Crippen molar-refractivity contribution in [1.29, 1.82) is 0 Å². The summed E-state index contributed by atoms with van der Waals surface area (Å²) in [5, 5.41) is 7.48. The summed E-state index contributed by atoms with van der Waals surface area (Å²) in [6.07, 6.45) is 2.73. The number of hydrogen-bond acceptors (Lipinski definition) is 5. The molecule has 162 valence electrons. The second-order valence-corrected chi connectivity index (χ2v) is 7.77. The molecule has 2 heterocycles. The molecular weight excluding hydrogens is 467 g/mol. The molecule has 1 aliphatic rings. The molecular formula is C20H39IN6O. The van der Waals surface area contributed by atoms with Gasteiger partial charge < -0.3 is 14.7 Å². The fraction of sp³-hybridized carbons (Fsp3) is 0.800. The highest BCUT2D eigenvalue weighted by Gasteiger charge is 2.20. The van der Waals surface area contributed by atoms with Gasteiger partial charge in [-0.25, -0.2) is 0 Å². The highest BCUT2D eigenvalue weighted by molar-refractivity contribution is 14.0. The number of piperazine rings is 1. The molecule has 1 aliphatic heterocycles. The van der Waals surface area contributed by atoms with E-state index in [1.165, 1.54) is 0 Å². The summed E-state index contributed by atoms with van der Waals surface area (Å²) in [7, 11) is 0. The van der Waals surface area contributed by atoms with Crippen molar-refractivity contribution in [2.45, 2.75) is 59.7 Å². The Hall–Kier alpha value is -0.870. The number of hydrogen-bond donors (Lipinski definition) is 1. The Kier molecular flexibility index (Phi) is 12.0. The van der Waals surface area contributed by atoms with Crippen LogP contribution < -0.4 is 5.32 Å². The maximum absolute atomic E-state index is 4.93. The highest BCUT2D eigenvalue weighted by atomic mass is 127. The highest BCUT2D eigenvalue weighted by Crippen LogP contribution is 2.08. The summed E-state index contributed by atoms with van der Waals surface area (Å²) in [5.74, 6) is 1.05. The minimum Gasteiger partial charge on any atom is -0.364 e. The van der Waals surface area contributed by atoms with Gasteiger partial charge in [-0.15, -0.1) is 24.0 Å². The van der Waals surface area contributed by atoms with Gasteiger partial charge in [-0.3, -0.25) is 14.8 Å². The number of nitrogens with one attached hydrogen (secondary N) is 1. The lowest BCUT2D eigenvalue weighted by Gasteiger charge is -2.36. The third-order valence-electron chi connectivity index (χ3n) is 5.05. The van der Waals surface area contributed by atoms with Gasteiger partial charge in [-0.05, 0) is 41.0 Å². The van der Waals surface area contributed by atoms with Crippen molar-refractivity contribution in [2.75, 3.05) is 45.8 Å². The first-order valence-corrected chi connectivity index (χ1v) is 10.4. The topological polar surface area (TPSA) is 60.1 Å². The molecule has 1 N–H and O–H groups in total. The first-order valence-electron chi connectivity index (χ1n) is 10.4. The lowest BCUT2D eigenvalue weighted by atomic mass is 10.2. The third-order valence-corrected chi connectivity index (χ3v) is 5.05. The van der Waals surface area contributed by atoms with E-state index in [1.54, 1.807) is 6.26 Å². The molecule has 0 unspecified atom stereocenters. The lowest BCUT2D eigenvalue weighted by Crippen LogP contribution is -2.52. The molecule has 0 saturated carbocycles. The number of nitrogens with zero attached hydrogens (tertiary/aromatic N) is 5. The number of halogens is 1. The molecule has 8 heteroatoms. The summed E-state index contributed by atoms with van der Waals surface area (Å²) >= 11 is 0. The third kappa shape index (κ3) is 8.24. The summed E-state index contributed by atoms with van der Waals surface area (Å²) in [5.41, 5.74) is 1.00. The number of rotatable bonds is 9. The van der Waals surface area contributed by atoms with Gasteiger partial charge in [0.05, 0.1) is 5.69 Å². The van der Waals surface area contributed by atoms with Gasteiger partial charge in [-0.2, -0.15) is 0 Å². The molecule has 0 aliphatic carbocycles. The van der Waals surface area contributed by atoms with E-state index in [0.717, 1.165) is 70.4 Å². The molecule has 2 rings (SSSR count). The van der Waals surface area contributed by atoms with E-state index < -0.39 is 0 Å². The zero-order chi connectivity index (χ0) is 19.6. The smallest absolute Gasteiger partial charge is 0.194 e. The summed E-state index contributed by atoms with van der Waals surface area (Å²) in [6, 6.07) is 3.11. The van der Waals surface area contributed by atoms with Gasteiger partial charge >= 0.3 is 0 Å². The fourth-order valence-electron chi connectivity index (χ4n) is 3.64. The van der Waals surface area contributed by atoms with Crippen LogP contribution in [0.2, 0.25) is 0 Å². The second kappa shape index (κ2) is 13.4. The molecule has 0 radical (unpaired) electrons. The predicted molar refractivity (Wildman–Crippen MR) is 126 cm³/mol. The zero-order valence-corrected chi connectivity index (χ0v) is 20.6. The first-order chi connectivity index (χ1) is 13.0. The molecule has 0 amide bonds. The van der Waals surface area contributed by atoms with Gasteiger partial charge in [0.2, 0.25) is 0 Å². The summed E-state index contributed by atoms with van der Waals surface area (Å²) < 4.78 is 4.93. The van der Waals surface area contributed by atoms with Gasteiger partial charge in [0, 0.05) is 70.5 Å². The molecule has 28 heavy (non-hydrogen) atoms. The largest absolute Gasteiger partial charge is 0.364 e. The predicted octanol–water partition coefficient (Wildman–Crippen LogP) is 2.88. The van der Waals surface area contributed by atoms with Crippen LogP contribution in [0.3, 0.4) is 0 Å². The van der Waals surface area contributed by atoms with Crippen molar-refractivity contribution >= 4 is 29.9 Å². The Bertz CT molecular complexity index is 533. The minimum absolute atomic E-state index is 0. The lowest BCUT2D eigenvalue weighted by molar-refractivity contribution is 0.168. The van der Waals surface area contributed by atoms with Crippen molar-refractivity contribution in [3.8, 4) is 0 Å². The average molecular weight is 506 g/mol. The molecule has 0 bridgehead atoms. The van der Waals surface area contributed by atoms with Crippen LogP contribution in [-0.2, 0) is 6.54 Å². The van der Waals surface area contributed by atoms with Crippen molar-refractivity contribution in [1.82, 2.24) is 25.2 Å². The van der Waals surface area contributed by atoms with Crippen LogP contribution in [0.4, 0.5) is 0 Å². The molecule has 1 fully saturated rings. The molecule has 1 aromatic heterocycles. The number of aliphatic imine (C=N–C) groups is 1. The average Bonchev–Trinajstić information content (AvgIpc) is 3.13. The van der Waals surface area contributed by atoms with E-state index >= 15 is 0 Å².